The van der Waals surface area contributed by atoms with E-state index in [1.165, 1.54) is 4.90 Å². The second kappa shape index (κ2) is 10.9. The highest BCUT2D eigenvalue weighted by atomic mass is 35.5. The number of halogens is 1. The largest absolute Gasteiger partial charge is 0.382 e. The van der Waals surface area contributed by atoms with Crippen LogP contribution in [0, 0.1) is 0 Å². The van der Waals surface area contributed by atoms with E-state index in [1.54, 1.807) is 26.0 Å². The highest BCUT2D eigenvalue weighted by Crippen LogP contribution is 2.21. The van der Waals surface area contributed by atoms with E-state index in [-0.39, 0.29) is 6.10 Å². The summed E-state index contributed by atoms with van der Waals surface area (Å²) >= 11 is 7.54. The molecule has 2 nitrogen and oxygen atoms in total. The van der Waals surface area contributed by atoms with Crippen LogP contribution in [0.1, 0.15) is 13.8 Å². The monoisotopic (exact) mass is 276 g/mol. The molecule has 1 rings (SSSR count). The van der Waals surface area contributed by atoms with Crippen LogP contribution < -0.4 is 0 Å². The topological polar surface area (TPSA) is 18.5 Å². The molecular formula is C13H21ClO2S. The predicted octanol–water partition coefficient (Wildman–Crippen LogP) is 4.12. The van der Waals surface area contributed by atoms with E-state index in [9.17, 15) is 0 Å². The lowest BCUT2D eigenvalue weighted by molar-refractivity contribution is 0.0430. The van der Waals surface area contributed by atoms with Crippen molar-refractivity contribution in [3.63, 3.8) is 0 Å². The third-order valence-corrected chi connectivity index (χ3v) is 3.33. The van der Waals surface area contributed by atoms with Gasteiger partial charge in [0, 0.05) is 29.9 Å². The molecule has 0 aliphatic carbocycles. The van der Waals surface area contributed by atoms with Gasteiger partial charge in [0.15, 0.2) is 0 Å². The molecule has 1 atom stereocenters. The summed E-state index contributed by atoms with van der Waals surface area (Å²) in [5.41, 5.74) is 0. The van der Waals surface area contributed by atoms with Crippen molar-refractivity contribution in [1.29, 1.82) is 0 Å². The summed E-state index contributed by atoms with van der Waals surface area (Å²) < 4.78 is 10.3. The summed E-state index contributed by atoms with van der Waals surface area (Å²) in [6, 6.07) is 7.79. The second-order valence-corrected chi connectivity index (χ2v) is 4.61. The van der Waals surface area contributed by atoms with E-state index in [0.717, 1.165) is 10.8 Å². The molecule has 0 saturated heterocycles. The summed E-state index contributed by atoms with van der Waals surface area (Å²) in [6.45, 7) is 4.62. The van der Waals surface area contributed by atoms with Gasteiger partial charge in [-0.05, 0) is 24.3 Å². The zero-order chi connectivity index (χ0) is 13.1. The molecule has 0 heterocycles. The summed E-state index contributed by atoms with van der Waals surface area (Å²) in [6.07, 6.45) is 0.135. The van der Waals surface area contributed by atoms with Crippen molar-refractivity contribution in [2.75, 3.05) is 26.6 Å². The van der Waals surface area contributed by atoms with Crippen LogP contribution in [0.15, 0.2) is 29.2 Å². The molecule has 0 amide bonds. The van der Waals surface area contributed by atoms with Gasteiger partial charge in [0.25, 0.3) is 0 Å². The molecule has 0 aromatic heterocycles. The van der Waals surface area contributed by atoms with Gasteiger partial charge in [-0.1, -0.05) is 25.4 Å². The van der Waals surface area contributed by atoms with Crippen molar-refractivity contribution in [3.05, 3.63) is 29.3 Å². The SMILES string of the molecule is CC.COCC(CSc1ccc(Cl)cc1)OC. The van der Waals surface area contributed by atoms with Gasteiger partial charge in [-0.25, -0.2) is 0 Å². The van der Waals surface area contributed by atoms with Crippen LogP contribution in [0.5, 0.6) is 0 Å². The smallest absolute Gasteiger partial charge is 0.0898 e. The van der Waals surface area contributed by atoms with Gasteiger partial charge < -0.3 is 9.47 Å². The average Bonchev–Trinajstić information content (AvgIpc) is 2.39. The van der Waals surface area contributed by atoms with Gasteiger partial charge in [-0.3, -0.25) is 0 Å². The van der Waals surface area contributed by atoms with Crippen LogP contribution in [0.3, 0.4) is 0 Å². The Morgan fingerprint density at radius 2 is 1.76 bits per heavy atom. The molecule has 0 aliphatic heterocycles. The van der Waals surface area contributed by atoms with E-state index in [2.05, 4.69) is 0 Å². The molecule has 0 N–H and O–H groups in total. The number of hydrogen-bond donors (Lipinski definition) is 0. The zero-order valence-electron chi connectivity index (χ0n) is 10.9. The Bertz CT molecular complexity index is 277. The first-order valence-corrected chi connectivity index (χ1v) is 7.02. The third kappa shape index (κ3) is 7.66. The Kier molecular flexibility index (Phi) is 10.8. The number of hydrogen-bond acceptors (Lipinski definition) is 3. The lowest BCUT2D eigenvalue weighted by Gasteiger charge is -2.13. The minimum Gasteiger partial charge on any atom is -0.382 e. The molecule has 0 saturated carbocycles. The maximum atomic E-state index is 5.80. The summed E-state index contributed by atoms with van der Waals surface area (Å²) in [7, 11) is 3.38. The van der Waals surface area contributed by atoms with Gasteiger partial charge in [-0.15, -0.1) is 11.8 Å². The van der Waals surface area contributed by atoms with Gasteiger partial charge in [0.1, 0.15) is 0 Å². The van der Waals surface area contributed by atoms with Crippen molar-refractivity contribution in [3.8, 4) is 0 Å². The molecule has 0 bridgehead atoms. The van der Waals surface area contributed by atoms with Crippen molar-refractivity contribution >= 4 is 23.4 Å². The first-order chi connectivity index (χ1) is 8.26. The van der Waals surface area contributed by atoms with Crippen LogP contribution in [-0.2, 0) is 9.47 Å². The molecule has 0 aliphatic rings. The molecule has 0 fully saturated rings. The molecule has 1 aromatic carbocycles. The van der Waals surface area contributed by atoms with E-state index in [4.69, 9.17) is 21.1 Å². The van der Waals surface area contributed by atoms with E-state index >= 15 is 0 Å². The van der Waals surface area contributed by atoms with Crippen molar-refractivity contribution in [2.24, 2.45) is 0 Å². The Balaban J connectivity index is 0.00000121. The van der Waals surface area contributed by atoms with Crippen LogP contribution in [0.4, 0.5) is 0 Å². The fourth-order valence-electron chi connectivity index (χ4n) is 1.09. The number of thioether (sulfide) groups is 1. The first kappa shape index (κ1) is 16.8. The number of rotatable bonds is 6. The maximum Gasteiger partial charge on any atom is 0.0898 e. The second-order valence-electron chi connectivity index (χ2n) is 3.08. The molecule has 1 unspecified atom stereocenters. The summed E-state index contributed by atoms with van der Waals surface area (Å²) in [5.74, 6) is 0.881. The van der Waals surface area contributed by atoms with Gasteiger partial charge in [0.2, 0.25) is 0 Å². The van der Waals surface area contributed by atoms with Crippen LogP contribution >= 0.6 is 23.4 Å². The Hall–Kier alpha value is -0.220. The molecule has 0 spiro atoms. The molecule has 0 radical (unpaired) electrons. The summed E-state index contributed by atoms with van der Waals surface area (Å²) in [4.78, 5) is 1.19. The normalized spacial score (nSPS) is 11.6. The minimum absolute atomic E-state index is 0.135. The minimum atomic E-state index is 0.135. The Morgan fingerprint density at radius 3 is 2.24 bits per heavy atom. The van der Waals surface area contributed by atoms with Crippen LogP contribution in [-0.4, -0.2) is 32.7 Å². The molecule has 1 aromatic rings. The Labute approximate surface area is 114 Å². The molecule has 17 heavy (non-hydrogen) atoms. The third-order valence-electron chi connectivity index (χ3n) is 1.94. The van der Waals surface area contributed by atoms with Gasteiger partial charge in [0.05, 0.1) is 12.7 Å². The first-order valence-electron chi connectivity index (χ1n) is 5.66. The lowest BCUT2D eigenvalue weighted by atomic mass is 10.4. The van der Waals surface area contributed by atoms with Crippen molar-refractivity contribution in [2.45, 2.75) is 24.8 Å². The standard InChI is InChI=1S/C11H15ClO2S.C2H6/c1-13-7-10(14-2)8-15-11-5-3-9(12)4-6-11;1-2/h3-6,10H,7-8H2,1-2H3;1-2H3. The quantitative estimate of drug-likeness (QED) is 0.728. The van der Waals surface area contributed by atoms with Gasteiger partial charge in [-0.2, -0.15) is 0 Å². The fourth-order valence-corrected chi connectivity index (χ4v) is 2.16. The number of ether oxygens (including phenoxy) is 2. The van der Waals surface area contributed by atoms with Gasteiger partial charge >= 0.3 is 0 Å². The van der Waals surface area contributed by atoms with Crippen molar-refractivity contribution in [1.82, 2.24) is 0 Å². The summed E-state index contributed by atoms with van der Waals surface area (Å²) in [5, 5.41) is 0.763. The highest BCUT2D eigenvalue weighted by Gasteiger charge is 2.07. The van der Waals surface area contributed by atoms with E-state index in [0.29, 0.717) is 6.61 Å². The zero-order valence-corrected chi connectivity index (χ0v) is 12.5. The number of benzene rings is 1. The molecule has 98 valence electrons. The van der Waals surface area contributed by atoms with Crippen LogP contribution in [0.25, 0.3) is 0 Å². The van der Waals surface area contributed by atoms with Crippen molar-refractivity contribution < 1.29 is 9.47 Å². The molecular weight excluding hydrogens is 256 g/mol. The van der Waals surface area contributed by atoms with E-state index in [1.807, 2.05) is 38.1 Å². The predicted molar refractivity (Wildman–Crippen MR) is 76.2 cm³/mol. The number of methoxy groups -OCH3 is 2. The molecule has 4 heteroatoms. The lowest BCUT2D eigenvalue weighted by Crippen LogP contribution is -2.19. The van der Waals surface area contributed by atoms with Crippen LogP contribution in [0.2, 0.25) is 5.02 Å². The Morgan fingerprint density at radius 1 is 1.18 bits per heavy atom. The fraction of sp³-hybridized carbons (Fsp3) is 0.538. The van der Waals surface area contributed by atoms with E-state index < -0.39 is 0 Å². The average molecular weight is 277 g/mol. The maximum absolute atomic E-state index is 5.80. The highest BCUT2D eigenvalue weighted by molar-refractivity contribution is 7.99.